The van der Waals surface area contributed by atoms with Crippen LogP contribution in [0.1, 0.15) is 60.4 Å². The molecule has 5 nitrogen and oxygen atoms in total. The third-order valence-electron chi connectivity index (χ3n) is 3.88. The number of hydrogen-bond acceptors (Lipinski definition) is 3. The van der Waals surface area contributed by atoms with Crippen molar-refractivity contribution in [2.45, 2.75) is 38.6 Å². The molecular weight excluding hydrogens is 290 g/mol. The third-order valence-corrected chi connectivity index (χ3v) is 3.88. The second-order valence-corrected chi connectivity index (χ2v) is 6.04. The Balaban J connectivity index is 2.17. The molecule has 0 aliphatic rings. The summed E-state index contributed by atoms with van der Waals surface area (Å²) in [6, 6.07) is 11.6. The Hall–Kier alpha value is -2.14. The Kier molecular flexibility index (Phi) is 5.93. The van der Waals surface area contributed by atoms with Crippen molar-refractivity contribution in [3.05, 3.63) is 53.3 Å². The fourth-order valence-corrected chi connectivity index (χ4v) is 2.52. The first kappa shape index (κ1) is 17.2. The van der Waals surface area contributed by atoms with Gasteiger partial charge in [0, 0.05) is 13.7 Å². The molecule has 2 rings (SSSR count). The van der Waals surface area contributed by atoms with Gasteiger partial charge >= 0.3 is 0 Å². The number of aryl methyl sites for hydroxylation is 1. The lowest BCUT2D eigenvalue weighted by molar-refractivity contribution is 0.0923. The van der Waals surface area contributed by atoms with Gasteiger partial charge in [0.2, 0.25) is 0 Å². The lowest BCUT2D eigenvalue weighted by atomic mass is 10.0. The van der Waals surface area contributed by atoms with Gasteiger partial charge in [-0.25, -0.2) is 0 Å². The highest BCUT2D eigenvalue weighted by Gasteiger charge is 2.19. The minimum atomic E-state index is -0.140. The van der Waals surface area contributed by atoms with Gasteiger partial charge in [-0.05, 0) is 30.4 Å². The highest BCUT2D eigenvalue weighted by Crippen LogP contribution is 2.20. The zero-order valence-corrected chi connectivity index (χ0v) is 14.0. The predicted molar refractivity (Wildman–Crippen MR) is 90.3 cm³/mol. The molecule has 0 aliphatic heterocycles. The number of aliphatic hydroxyl groups excluding tert-OH is 1. The van der Waals surface area contributed by atoms with E-state index in [1.165, 1.54) is 0 Å². The fraction of sp³-hybridized carbons (Fsp3) is 0.444. The maximum atomic E-state index is 12.6. The van der Waals surface area contributed by atoms with Crippen LogP contribution in [0, 0.1) is 0 Å². The standard InChI is InChI=1S/C18H25N3O2/c1-13(2)16-12-17(21(3)20-16)18(23)19-15(10-7-11-22)14-8-5-4-6-9-14/h4-6,8-9,12-13,15,22H,7,10-11H2,1-3H3,(H,19,23). The summed E-state index contributed by atoms with van der Waals surface area (Å²) in [5.74, 6) is 0.140. The normalized spacial score (nSPS) is 12.4. The summed E-state index contributed by atoms with van der Waals surface area (Å²) in [4.78, 5) is 12.6. The summed E-state index contributed by atoms with van der Waals surface area (Å²) in [6.45, 7) is 4.22. The van der Waals surface area contributed by atoms with Crippen molar-refractivity contribution in [3.8, 4) is 0 Å². The maximum Gasteiger partial charge on any atom is 0.270 e. The van der Waals surface area contributed by atoms with E-state index in [-0.39, 0.29) is 24.5 Å². The molecule has 1 aromatic heterocycles. The van der Waals surface area contributed by atoms with Crippen LogP contribution >= 0.6 is 0 Å². The van der Waals surface area contributed by atoms with Gasteiger partial charge in [-0.1, -0.05) is 44.2 Å². The molecule has 1 amide bonds. The third kappa shape index (κ3) is 4.42. The first-order valence-electron chi connectivity index (χ1n) is 8.03. The number of amides is 1. The van der Waals surface area contributed by atoms with Gasteiger partial charge in [-0.2, -0.15) is 5.10 Å². The SMILES string of the molecule is CC(C)c1cc(C(=O)NC(CCCO)c2ccccc2)n(C)n1. The maximum absolute atomic E-state index is 12.6. The first-order chi connectivity index (χ1) is 11.0. The molecule has 1 heterocycles. The Morgan fingerprint density at radius 2 is 2.00 bits per heavy atom. The second kappa shape index (κ2) is 7.92. The predicted octanol–water partition coefficient (Wildman–Crippen LogP) is 2.79. The highest BCUT2D eigenvalue weighted by atomic mass is 16.3. The van der Waals surface area contributed by atoms with Crippen LogP contribution in [0.2, 0.25) is 0 Å². The van der Waals surface area contributed by atoms with Gasteiger partial charge < -0.3 is 10.4 Å². The molecule has 1 atom stereocenters. The van der Waals surface area contributed by atoms with Gasteiger partial charge in [-0.3, -0.25) is 9.48 Å². The van der Waals surface area contributed by atoms with Gasteiger partial charge in [0.25, 0.3) is 5.91 Å². The van der Waals surface area contributed by atoms with Crippen molar-refractivity contribution in [2.24, 2.45) is 7.05 Å². The lowest BCUT2D eigenvalue weighted by Gasteiger charge is -2.19. The van der Waals surface area contributed by atoms with Crippen molar-refractivity contribution in [2.75, 3.05) is 6.61 Å². The monoisotopic (exact) mass is 315 g/mol. The Morgan fingerprint density at radius 3 is 2.57 bits per heavy atom. The summed E-state index contributed by atoms with van der Waals surface area (Å²) in [7, 11) is 1.78. The van der Waals surface area contributed by atoms with Gasteiger partial charge in [0.05, 0.1) is 11.7 Å². The minimum absolute atomic E-state index is 0.114. The Morgan fingerprint density at radius 1 is 1.30 bits per heavy atom. The zero-order chi connectivity index (χ0) is 16.8. The minimum Gasteiger partial charge on any atom is -0.396 e. The molecule has 124 valence electrons. The van der Waals surface area contributed by atoms with Crippen LogP contribution in [-0.4, -0.2) is 27.4 Å². The molecule has 1 unspecified atom stereocenters. The summed E-state index contributed by atoms with van der Waals surface area (Å²) < 4.78 is 1.62. The molecule has 2 N–H and O–H groups in total. The quantitative estimate of drug-likeness (QED) is 0.825. The number of aliphatic hydroxyl groups is 1. The van der Waals surface area contributed by atoms with E-state index in [1.54, 1.807) is 11.7 Å². The molecule has 0 radical (unpaired) electrons. The largest absolute Gasteiger partial charge is 0.396 e. The van der Waals surface area contributed by atoms with Crippen molar-refractivity contribution in [1.82, 2.24) is 15.1 Å². The molecule has 1 aromatic carbocycles. The average molecular weight is 315 g/mol. The van der Waals surface area contributed by atoms with Crippen LogP contribution in [-0.2, 0) is 7.05 Å². The van der Waals surface area contributed by atoms with E-state index in [0.717, 1.165) is 11.3 Å². The topological polar surface area (TPSA) is 67.2 Å². The Labute approximate surface area is 137 Å². The van der Waals surface area contributed by atoms with Crippen molar-refractivity contribution < 1.29 is 9.90 Å². The average Bonchev–Trinajstić information content (AvgIpc) is 2.94. The van der Waals surface area contributed by atoms with E-state index in [9.17, 15) is 4.79 Å². The first-order valence-corrected chi connectivity index (χ1v) is 8.03. The summed E-state index contributed by atoms with van der Waals surface area (Å²) in [6.07, 6.45) is 1.34. The van der Waals surface area contributed by atoms with Crippen LogP contribution in [0.25, 0.3) is 0 Å². The van der Waals surface area contributed by atoms with Crippen LogP contribution in [0.3, 0.4) is 0 Å². The van der Waals surface area contributed by atoms with Crippen molar-refractivity contribution in [1.29, 1.82) is 0 Å². The molecule has 0 aliphatic carbocycles. The summed E-state index contributed by atoms with van der Waals surface area (Å²) >= 11 is 0. The van der Waals surface area contributed by atoms with E-state index in [2.05, 4.69) is 24.3 Å². The zero-order valence-electron chi connectivity index (χ0n) is 14.0. The lowest BCUT2D eigenvalue weighted by Crippen LogP contribution is -2.30. The number of carbonyl (C=O) groups excluding carboxylic acids is 1. The number of carbonyl (C=O) groups is 1. The molecule has 0 spiro atoms. The highest BCUT2D eigenvalue weighted by molar-refractivity contribution is 5.93. The van der Waals surface area contributed by atoms with Gasteiger partial charge in [0.1, 0.15) is 5.69 Å². The van der Waals surface area contributed by atoms with Crippen molar-refractivity contribution >= 4 is 5.91 Å². The number of rotatable bonds is 7. The smallest absolute Gasteiger partial charge is 0.270 e. The number of aromatic nitrogens is 2. The summed E-state index contributed by atoms with van der Waals surface area (Å²) in [5.41, 5.74) is 2.50. The van der Waals surface area contributed by atoms with Gasteiger partial charge in [0.15, 0.2) is 0 Å². The number of benzene rings is 1. The molecule has 0 bridgehead atoms. The molecular formula is C18H25N3O2. The van der Waals surface area contributed by atoms with E-state index in [0.29, 0.717) is 18.5 Å². The summed E-state index contributed by atoms with van der Waals surface area (Å²) in [5, 5.41) is 16.6. The van der Waals surface area contributed by atoms with E-state index >= 15 is 0 Å². The fourth-order valence-electron chi connectivity index (χ4n) is 2.52. The van der Waals surface area contributed by atoms with Gasteiger partial charge in [-0.15, -0.1) is 0 Å². The Bertz CT molecular complexity index is 635. The number of hydrogen-bond donors (Lipinski definition) is 2. The van der Waals surface area contributed by atoms with E-state index < -0.39 is 0 Å². The van der Waals surface area contributed by atoms with Crippen LogP contribution in [0.4, 0.5) is 0 Å². The number of nitrogens with zero attached hydrogens (tertiary/aromatic N) is 2. The van der Waals surface area contributed by atoms with E-state index in [1.807, 2.05) is 36.4 Å². The molecule has 5 heteroatoms. The molecule has 2 aromatic rings. The van der Waals surface area contributed by atoms with Crippen molar-refractivity contribution in [3.63, 3.8) is 0 Å². The molecule has 23 heavy (non-hydrogen) atoms. The molecule has 0 saturated heterocycles. The van der Waals surface area contributed by atoms with Crippen LogP contribution in [0.15, 0.2) is 36.4 Å². The van der Waals surface area contributed by atoms with Crippen LogP contribution < -0.4 is 5.32 Å². The van der Waals surface area contributed by atoms with E-state index in [4.69, 9.17) is 5.11 Å². The second-order valence-electron chi connectivity index (χ2n) is 6.04. The molecule has 0 saturated carbocycles. The number of nitrogens with one attached hydrogen (secondary N) is 1. The van der Waals surface area contributed by atoms with Crippen LogP contribution in [0.5, 0.6) is 0 Å². The molecule has 0 fully saturated rings.